The molecule has 1 aromatic heterocycles. The summed E-state index contributed by atoms with van der Waals surface area (Å²) in [5, 5.41) is 4.46. The van der Waals surface area contributed by atoms with E-state index < -0.39 is 0 Å². The summed E-state index contributed by atoms with van der Waals surface area (Å²) in [4.78, 5) is 7.12. The van der Waals surface area contributed by atoms with Gasteiger partial charge in [-0.15, -0.1) is 0 Å². The van der Waals surface area contributed by atoms with Crippen LogP contribution >= 0.6 is 0 Å². The van der Waals surface area contributed by atoms with Crippen LogP contribution in [0.2, 0.25) is 0 Å². The maximum absolute atomic E-state index is 5.29. The molecule has 21 heavy (non-hydrogen) atoms. The van der Waals surface area contributed by atoms with Gasteiger partial charge in [-0.2, -0.15) is 0 Å². The largest absolute Gasteiger partial charge is 0.383 e. The van der Waals surface area contributed by atoms with Crippen LogP contribution in [0.4, 0.5) is 5.82 Å². The molecule has 0 spiro atoms. The highest BCUT2D eigenvalue weighted by Crippen LogP contribution is 2.24. The van der Waals surface area contributed by atoms with Crippen LogP contribution in [0.3, 0.4) is 0 Å². The van der Waals surface area contributed by atoms with Gasteiger partial charge in [-0.1, -0.05) is 18.2 Å². The van der Waals surface area contributed by atoms with Gasteiger partial charge in [0.1, 0.15) is 5.82 Å². The summed E-state index contributed by atoms with van der Waals surface area (Å²) >= 11 is 0. The van der Waals surface area contributed by atoms with E-state index in [9.17, 15) is 0 Å². The Bertz CT molecular complexity index is 585. The first-order valence-electron chi connectivity index (χ1n) is 7.50. The van der Waals surface area contributed by atoms with E-state index in [0.29, 0.717) is 12.6 Å². The van der Waals surface area contributed by atoms with Crippen LogP contribution in [0, 0.1) is 0 Å². The molecule has 0 aliphatic carbocycles. The summed E-state index contributed by atoms with van der Waals surface area (Å²) in [6, 6.07) is 10.8. The molecule has 1 N–H and O–H groups in total. The van der Waals surface area contributed by atoms with E-state index in [1.54, 1.807) is 7.11 Å². The Morgan fingerprint density at radius 3 is 2.76 bits per heavy atom. The number of nitrogens with one attached hydrogen (secondary N) is 1. The van der Waals surface area contributed by atoms with E-state index in [2.05, 4.69) is 48.3 Å². The summed E-state index contributed by atoms with van der Waals surface area (Å²) in [6.07, 6.45) is 0. The molecule has 0 bridgehead atoms. The topological polar surface area (TPSA) is 37.4 Å². The van der Waals surface area contributed by atoms with Gasteiger partial charge in [0.15, 0.2) is 0 Å². The molecule has 0 amide bonds. The highest BCUT2D eigenvalue weighted by atomic mass is 16.5. The number of ether oxygens (including phenoxy) is 1. The number of rotatable bonds is 7. The zero-order valence-electron chi connectivity index (χ0n) is 13.4. The van der Waals surface area contributed by atoms with Crippen molar-refractivity contribution in [2.45, 2.75) is 26.4 Å². The first-order valence-corrected chi connectivity index (χ1v) is 7.50. The van der Waals surface area contributed by atoms with Crippen LogP contribution in [0.5, 0.6) is 0 Å². The predicted octanol–water partition coefficient (Wildman–Crippen LogP) is 2.82. The zero-order chi connectivity index (χ0) is 15.2. The molecule has 2 aromatic rings. The van der Waals surface area contributed by atoms with Gasteiger partial charge in [-0.3, -0.25) is 0 Å². The van der Waals surface area contributed by atoms with Gasteiger partial charge >= 0.3 is 0 Å². The number of anilines is 1. The highest BCUT2D eigenvalue weighted by Gasteiger charge is 2.16. The van der Waals surface area contributed by atoms with Crippen LogP contribution in [-0.2, 0) is 11.3 Å². The maximum atomic E-state index is 5.29. The Kier molecular flexibility index (Phi) is 5.53. The minimum atomic E-state index is 0.302. The molecular weight excluding hydrogens is 262 g/mol. The zero-order valence-corrected chi connectivity index (χ0v) is 13.4. The fraction of sp³-hybridized carbons (Fsp3) is 0.471. The Morgan fingerprint density at radius 2 is 2.10 bits per heavy atom. The van der Waals surface area contributed by atoms with Crippen LogP contribution in [-0.4, -0.2) is 38.3 Å². The first kappa shape index (κ1) is 15.7. The molecule has 1 heterocycles. The predicted molar refractivity (Wildman–Crippen MR) is 88.9 cm³/mol. The van der Waals surface area contributed by atoms with Gasteiger partial charge in [0.25, 0.3) is 0 Å². The molecule has 4 heteroatoms. The average Bonchev–Trinajstić information content (AvgIpc) is 2.48. The number of pyridine rings is 1. The highest BCUT2D eigenvalue weighted by molar-refractivity contribution is 5.84. The van der Waals surface area contributed by atoms with Gasteiger partial charge in [-0.25, -0.2) is 4.98 Å². The lowest BCUT2D eigenvalue weighted by Gasteiger charge is -2.29. The second-order valence-electron chi connectivity index (χ2n) is 5.28. The molecule has 0 saturated heterocycles. The molecule has 1 unspecified atom stereocenters. The second kappa shape index (κ2) is 7.38. The van der Waals surface area contributed by atoms with E-state index in [1.807, 2.05) is 13.1 Å². The van der Waals surface area contributed by atoms with E-state index in [4.69, 9.17) is 9.72 Å². The lowest BCUT2D eigenvalue weighted by Crippen LogP contribution is -2.36. The fourth-order valence-electron chi connectivity index (χ4n) is 2.75. The number of hydrogen-bond donors (Lipinski definition) is 1. The second-order valence-corrected chi connectivity index (χ2v) is 5.28. The molecule has 0 saturated carbocycles. The normalized spacial score (nSPS) is 12.6. The molecule has 0 radical (unpaired) electrons. The van der Waals surface area contributed by atoms with Crippen LogP contribution in [0.1, 0.15) is 19.4 Å². The Hall–Kier alpha value is -1.65. The lowest BCUT2D eigenvalue weighted by molar-refractivity contribution is 0.181. The van der Waals surface area contributed by atoms with Crippen LogP contribution in [0.15, 0.2) is 30.3 Å². The van der Waals surface area contributed by atoms with E-state index in [1.165, 1.54) is 10.9 Å². The number of hydrogen-bond acceptors (Lipinski definition) is 4. The number of benzene rings is 1. The van der Waals surface area contributed by atoms with Gasteiger partial charge < -0.3 is 15.0 Å². The van der Waals surface area contributed by atoms with Crippen molar-refractivity contribution in [3.63, 3.8) is 0 Å². The summed E-state index contributed by atoms with van der Waals surface area (Å²) in [6.45, 7) is 6.77. The third-order valence-electron chi connectivity index (χ3n) is 3.73. The third kappa shape index (κ3) is 3.52. The number of fused-ring (bicyclic) bond motifs is 1. The molecule has 114 valence electrons. The Morgan fingerprint density at radius 1 is 1.33 bits per heavy atom. The molecule has 0 aliphatic rings. The monoisotopic (exact) mass is 287 g/mol. The minimum absolute atomic E-state index is 0.302. The standard InChI is InChI=1S/C17H25N3O/c1-5-20(13(2)12-21-4)17-10-14(11-18-3)15-8-6-7-9-16(15)19-17/h6-10,13,18H,5,11-12H2,1-4H3. The van der Waals surface area contributed by atoms with Gasteiger partial charge in [0.2, 0.25) is 0 Å². The molecular formula is C17H25N3O. The van der Waals surface area contributed by atoms with Gasteiger partial charge in [0.05, 0.1) is 18.2 Å². The lowest BCUT2D eigenvalue weighted by atomic mass is 10.1. The molecule has 0 fully saturated rings. The third-order valence-corrected chi connectivity index (χ3v) is 3.73. The van der Waals surface area contributed by atoms with E-state index >= 15 is 0 Å². The van der Waals surface area contributed by atoms with Crippen molar-refractivity contribution in [1.82, 2.24) is 10.3 Å². The summed E-state index contributed by atoms with van der Waals surface area (Å²) in [5.41, 5.74) is 2.32. The van der Waals surface area contributed by atoms with Crippen molar-refractivity contribution < 1.29 is 4.74 Å². The van der Waals surface area contributed by atoms with E-state index in [-0.39, 0.29) is 0 Å². The van der Waals surface area contributed by atoms with Crippen molar-refractivity contribution in [2.75, 3.05) is 32.2 Å². The van der Waals surface area contributed by atoms with Crippen molar-refractivity contribution >= 4 is 16.7 Å². The maximum Gasteiger partial charge on any atom is 0.129 e. The molecule has 4 nitrogen and oxygen atoms in total. The van der Waals surface area contributed by atoms with Crippen LogP contribution in [0.25, 0.3) is 10.9 Å². The van der Waals surface area contributed by atoms with Crippen molar-refractivity contribution in [2.24, 2.45) is 0 Å². The fourth-order valence-corrected chi connectivity index (χ4v) is 2.75. The van der Waals surface area contributed by atoms with Crippen molar-refractivity contribution in [3.05, 3.63) is 35.9 Å². The smallest absolute Gasteiger partial charge is 0.129 e. The average molecular weight is 287 g/mol. The quantitative estimate of drug-likeness (QED) is 0.849. The minimum Gasteiger partial charge on any atom is -0.383 e. The number of nitrogens with zero attached hydrogens (tertiary/aromatic N) is 2. The van der Waals surface area contributed by atoms with Gasteiger partial charge in [-0.05, 0) is 38.6 Å². The molecule has 2 rings (SSSR count). The summed E-state index contributed by atoms with van der Waals surface area (Å²) in [7, 11) is 3.71. The first-order chi connectivity index (χ1) is 10.2. The van der Waals surface area contributed by atoms with Crippen LogP contribution < -0.4 is 10.2 Å². The van der Waals surface area contributed by atoms with Gasteiger partial charge in [0, 0.05) is 25.6 Å². The summed E-state index contributed by atoms with van der Waals surface area (Å²) < 4.78 is 5.29. The van der Waals surface area contributed by atoms with Crippen molar-refractivity contribution in [1.29, 1.82) is 0 Å². The SMILES string of the molecule is CCN(c1cc(CNC)c2ccccc2n1)C(C)COC. The van der Waals surface area contributed by atoms with Crippen molar-refractivity contribution in [3.8, 4) is 0 Å². The number of methoxy groups -OCH3 is 1. The number of para-hydroxylation sites is 1. The summed E-state index contributed by atoms with van der Waals surface area (Å²) in [5.74, 6) is 1.02. The molecule has 1 aromatic carbocycles. The number of aromatic nitrogens is 1. The van der Waals surface area contributed by atoms with E-state index in [0.717, 1.165) is 24.4 Å². The Balaban J connectivity index is 2.47. The Labute approximate surface area is 127 Å². The molecule has 0 aliphatic heterocycles. The number of likely N-dealkylation sites (N-methyl/N-ethyl adjacent to an activating group) is 1. The molecule has 1 atom stereocenters.